The highest BCUT2D eigenvalue weighted by molar-refractivity contribution is 5.81. The van der Waals surface area contributed by atoms with E-state index in [1.54, 1.807) is 0 Å². The summed E-state index contributed by atoms with van der Waals surface area (Å²) in [4.78, 5) is 12.0. The molecule has 1 aromatic carbocycles. The van der Waals surface area contributed by atoms with Crippen LogP contribution in [-0.2, 0) is 15.1 Å². The standard InChI is InChI=1S/C17H27NO3/c1-5-12-18-17(15(19)20,13-21-16(3,4)6-2)14-10-8-7-9-11-14/h7-11,18H,5-6,12-13H2,1-4H3,(H,19,20). The molecule has 0 bridgehead atoms. The third kappa shape index (κ3) is 4.55. The maximum atomic E-state index is 12.0. The first-order valence-electron chi connectivity index (χ1n) is 7.56. The summed E-state index contributed by atoms with van der Waals surface area (Å²) >= 11 is 0. The van der Waals surface area contributed by atoms with Gasteiger partial charge in [0.15, 0.2) is 5.54 Å². The second-order valence-electron chi connectivity index (χ2n) is 5.91. The summed E-state index contributed by atoms with van der Waals surface area (Å²) < 4.78 is 5.91. The Morgan fingerprint density at radius 2 is 1.86 bits per heavy atom. The molecular weight excluding hydrogens is 266 g/mol. The van der Waals surface area contributed by atoms with Crippen molar-refractivity contribution in [3.8, 4) is 0 Å². The normalized spacial score (nSPS) is 14.7. The minimum atomic E-state index is -1.20. The molecule has 0 aliphatic carbocycles. The molecule has 118 valence electrons. The van der Waals surface area contributed by atoms with Gasteiger partial charge in [-0.2, -0.15) is 0 Å². The molecule has 1 aromatic rings. The molecule has 0 saturated heterocycles. The van der Waals surface area contributed by atoms with E-state index in [1.807, 2.05) is 58.0 Å². The molecule has 4 nitrogen and oxygen atoms in total. The smallest absolute Gasteiger partial charge is 0.331 e. The molecular formula is C17H27NO3. The van der Waals surface area contributed by atoms with Gasteiger partial charge in [0.1, 0.15) is 0 Å². The average Bonchev–Trinajstić information content (AvgIpc) is 2.48. The zero-order valence-electron chi connectivity index (χ0n) is 13.5. The number of ether oxygens (including phenoxy) is 1. The lowest BCUT2D eigenvalue weighted by Gasteiger charge is -2.35. The van der Waals surface area contributed by atoms with E-state index >= 15 is 0 Å². The second-order valence-corrected chi connectivity index (χ2v) is 5.91. The van der Waals surface area contributed by atoms with Gasteiger partial charge in [-0.25, -0.2) is 4.79 Å². The maximum absolute atomic E-state index is 12.0. The topological polar surface area (TPSA) is 58.6 Å². The summed E-state index contributed by atoms with van der Waals surface area (Å²) in [5, 5.41) is 13.0. The number of carboxylic acid groups (broad SMARTS) is 1. The van der Waals surface area contributed by atoms with Crippen molar-refractivity contribution in [2.24, 2.45) is 0 Å². The Kier molecular flexibility index (Phi) is 6.37. The van der Waals surface area contributed by atoms with E-state index in [1.165, 1.54) is 0 Å². The van der Waals surface area contributed by atoms with E-state index in [4.69, 9.17) is 4.74 Å². The first-order chi connectivity index (χ1) is 9.88. The number of benzene rings is 1. The zero-order valence-corrected chi connectivity index (χ0v) is 13.5. The molecule has 0 amide bonds. The number of hydrogen-bond acceptors (Lipinski definition) is 3. The molecule has 2 N–H and O–H groups in total. The summed E-state index contributed by atoms with van der Waals surface area (Å²) in [5.41, 5.74) is -0.828. The highest BCUT2D eigenvalue weighted by Gasteiger charge is 2.41. The number of hydrogen-bond donors (Lipinski definition) is 2. The Morgan fingerprint density at radius 3 is 2.33 bits per heavy atom. The van der Waals surface area contributed by atoms with Gasteiger partial charge in [-0.3, -0.25) is 5.32 Å². The van der Waals surface area contributed by atoms with Crippen molar-refractivity contribution in [2.45, 2.75) is 51.7 Å². The molecule has 0 spiro atoms. The van der Waals surface area contributed by atoms with Crippen LogP contribution < -0.4 is 5.32 Å². The molecule has 0 radical (unpaired) electrons. The third-order valence-electron chi connectivity index (χ3n) is 3.84. The van der Waals surface area contributed by atoms with Gasteiger partial charge in [-0.1, -0.05) is 44.2 Å². The number of rotatable bonds is 9. The van der Waals surface area contributed by atoms with Crippen LogP contribution >= 0.6 is 0 Å². The summed E-state index contributed by atoms with van der Waals surface area (Å²) in [6, 6.07) is 9.25. The fourth-order valence-electron chi connectivity index (χ4n) is 1.96. The monoisotopic (exact) mass is 293 g/mol. The molecule has 0 heterocycles. The third-order valence-corrected chi connectivity index (χ3v) is 3.84. The lowest BCUT2D eigenvalue weighted by molar-refractivity contribution is -0.152. The van der Waals surface area contributed by atoms with Crippen LogP contribution in [0.5, 0.6) is 0 Å². The van der Waals surface area contributed by atoms with Gasteiger partial charge in [-0.15, -0.1) is 0 Å². The van der Waals surface area contributed by atoms with Crippen molar-refractivity contribution >= 4 is 5.97 Å². The number of nitrogens with one attached hydrogen (secondary N) is 1. The second kappa shape index (κ2) is 7.57. The van der Waals surface area contributed by atoms with Crippen molar-refractivity contribution in [3.05, 3.63) is 35.9 Å². The zero-order chi connectivity index (χ0) is 15.9. The van der Waals surface area contributed by atoms with Crippen molar-refractivity contribution in [1.82, 2.24) is 5.32 Å². The first kappa shape index (κ1) is 17.7. The fourth-order valence-corrected chi connectivity index (χ4v) is 1.96. The van der Waals surface area contributed by atoms with Crippen molar-refractivity contribution in [1.29, 1.82) is 0 Å². The Balaban J connectivity index is 3.10. The van der Waals surface area contributed by atoms with Gasteiger partial charge in [-0.05, 0) is 38.8 Å². The molecule has 4 heteroatoms. The van der Waals surface area contributed by atoms with E-state index < -0.39 is 11.5 Å². The Labute approximate surface area is 127 Å². The number of carbonyl (C=O) groups is 1. The van der Waals surface area contributed by atoms with Crippen molar-refractivity contribution < 1.29 is 14.6 Å². The Hall–Kier alpha value is -1.39. The van der Waals surface area contributed by atoms with Gasteiger partial charge >= 0.3 is 5.97 Å². The summed E-state index contributed by atoms with van der Waals surface area (Å²) in [6.45, 7) is 8.73. The van der Waals surface area contributed by atoms with Gasteiger partial charge in [0.25, 0.3) is 0 Å². The summed E-state index contributed by atoms with van der Waals surface area (Å²) in [7, 11) is 0. The highest BCUT2D eigenvalue weighted by atomic mass is 16.5. The van der Waals surface area contributed by atoms with Crippen LogP contribution in [0, 0.1) is 0 Å². The van der Waals surface area contributed by atoms with E-state index in [9.17, 15) is 9.90 Å². The Morgan fingerprint density at radius 1 is 1.24 bits per heavy atom. The molecule has 0 aliphatic rings. The van der Waals surface area contributed by atoms with E-state index in [2.05, 4.69) is 5.32 Å². The molecule has 1 unspecified atom stereocenters. The first-order valence-corrected chi connectivity index (χ1v) is 7.56. The molecule has 0 saturated carbocycles. The van der Waals surface area contributed by atoms with Crippen molar-refractivity contribution in [3.63, 3.8) is 0 Å². The maximum Gasteiger partial charge on any atom is 0.331 e. The SMILES string of the molecule is CCCNC(COC(C)(C)CC)(C(=O)O)c1ccccc1. The van der Waals surface area contributed by atoms with Crippen LogP contribution in [0.1, 0.15) is 46.1 Å². The van der Waals surface area contributed by atoms with Crippen LogP contribution in [0.15, 0.2) is 30.3 Å². The highest BCUT2D eigenvalue weighted by Crippen LogP contribution is 2.26. The molecule has 0 fully saturated rings. The molecule has 0 aliphatic heterocycles. The van der Waals surface area contributed by atoms with Crippen LogP contribution in [0.2, 0.25) is 0 Å². The van der Waals surface area contributed by atoms with E-state index in [-0.39, 0.29) is 12.2 Å². The van der Waals surface area contributed by atoms with Crippen LogP contribution in [0.25, 0.3) is 0 Å². The van der Waals surface area contributed by atoms with E-state index in [0.717, 1.165) is 18.4 Å². The van der Waals surface area contributed by atoms with Gasteiger partial charge in [0, 0.05) is 0 Å². The summed E-state index contributed by atoms with van der Waals surface area (Å²) in [6.07, 6.45) is 1.68. The van der Waals surface area contributed by atoms with Crippen LogP contribution in [-0.4, -0.2) is 29.8 Å². The lowest BCUT2D eigenvalue weighted by atomic mass is 9.90. The largest absolute Gasteiger partial charge is 0.480 e. The molecule has 1 rings (SSSR count). The van der Waals surface area contributed by atoms with Crippen LogP contribution in [0.3, 0.4) is 0 Å². The van der Waals surface area contributed by atoms with E-state index in [0.29, 0.717) is 6.54 Å². The summed E-state index contributed by atoms with van der Waals surface area (Å²) in [5.74, 6) is -0.908. The minimum Gasteiger partial charge on any atom is -0.480 e. The molecule has 21 heavy (non-hydrogen) atoms. The quantitative estimate of drug-likeness (QED) is 0.734. The van der Waals surface area contributed by atoms with Gasteiger partial charge in [0.05, 0.1) is 12.2 Å². The molecule has 1 atom stereocenters. The van der Waals surface area contributed by atoms with Gasteiger partial charge < -0.3 is 9.84 Å². The average molecular weight is 293 g/mol. The van der Waals surface area contributed by atoms with Gasteiger partial charge in [0.2, 0.25) is 0 Å². The lowest BCUT2D eigenvalue weighted by Crippen LogP contribution is -2.54. The van der Waals surface area contributed by atoms with Crippen LogP contribution in [0.4, 0.5) is 0 Å². The number of aliphatic carboxylic acids is 1. The predicted molar refractivity (Wildman–Crippen MR) is 84.4 cm³/mol. The fraction of sp³-hybridized carbons (Fsp3) is 0.588. The Bertz CT molecular complexity index is 445. The van der Waals surface area contributed by atoms with Crippen molar-refractivity contribution in [2.75, 3.05) is 13.2 Å². The minimum absolute atomic E-state index is 0.104. The predicted octanol–water partition coefficient (Wildman–Crippen LogP) is 3.17. The molecule has 0 aromatic heterocycles. The number of carboxylic acids is 1.